The van der Waals surface area contributed by atoms with Crippen molar-refractivity contribution in [2.75, 3.05) is 6.61 Å². The lowest BCUT2D eigenvalue weighted by molar-refractivity contribution is -0.128. The van der Waals surface area contributed by atoms with Crippen LogP contribution < -0.4 is 4.74 Å². The minimum Gasteiger partial charge on any atom is -0.491 e. The van der Waals surface area contributed by atoms with Crippen molar-refractivity contribution in [1.29, 1.82) is 0 Å². The largest absolute Gasteiger partial charge is 0.491 e. The lowest BCUT2D eigenvalue weighted by atomic mass is 10.2. The number of carbonyl (C=O) groups is 2. The molecule has 0 saturated carbocycles. The van der Waals surface area contributed by atoms with Crippen LogP contribution in [-0.4, -0.2) is 35.2 Å². The Morgan fingerprint density at radius 2 is 1.95 bits per heavy atom. The third-order valence-corrected chi connectivity index (χ3v) is 3.10. The van der Waals surface area contributed by atoms with E-state index in [1.54, 1.807) is 20.8 Å². The van der Waals surface area contributed by atoms with Crippen LogP contribution in [0.5, 0.6) is 5.75 Å². The molecule has 1 fully saturated rings. The van der Waals surface area contributed by atoms with Crippen molar-refractivity contribution in [3.05, 3.63) is 30.3 Å². The highest BCUT2D eigenvalue weighted by Gasteiger charge is 2.38. The van der Waals surface area contributed by atoms with Crippen LogP contribution in [0.4, 0.5) is 4.79 Å². The lowest BCUT2D eigenvalue weighted by Crippen LogP contribution is -2.44. The summed E-state index contributed by atoms with van der Waals surface area (Å²) in [6.45, 7) is 5.62. The van der Waals surface area contributed by atoms with E-state index in [2.05, 4.69) is 0 Å². The van der Waals surface area contributed by atoms with Crippen LogP contribution >= 0.6 is 0 Å². The molecule has 2 amide bonds. The number of imide groups is 1. The third kappa shape index (κ3) is 4.21. The normalized spacial score (nSPS) is 18.7. The van der Waals surface area contributed by atoms with Crippen LogP contribution in [0.3, 0.4) is 0 Å². The maximum Gasteiger partial charge on any atom is 0.417 e. The van der Waals surface area contributed by atoms with Gasteiger partial charge < -0.3 is 9.47 Å². The summed E-state index contributed by atoms with van der Waals surface area (Å²) in [4.78, 5) is 25.2. The number of hydrogen-bond acceptors (Lipinski definition) is 4. The van der Waals surface area contributed by atoms with Crippen molar-refractivity contribution in [3.63, 3.8) is 0 Å². The molecule has 1 aromatic carbocycles. The van der Waals surface area contributed by atoms with Gasteiger partial charge in [-0.1, -0.05) is 18.2 Å². The molecule has 114 valence electrons. The number of benzene rings is 1. The van der Waals surface area contributed by atoms with E-state index in [0.29, 0.717) is 12.8 Å². The minimum absolute atomic E-state index is 0.203. The molecule has 2 rings (SSSR count). The van der Waals surface area contributed by atoms with Crippen molar-refractivity contribution in [2.24, 2.45) is 0 Å². The van der Waals surface area contributed by atoms with E-state index >= 15 is 0 Å². The number of rotatable bonds is 3. The van der Waals surface area contributed by atoms with Gasteiger partial charge in [-0.3, -0.25) is 4.79 Å². The van der Waals surface area contributed by atoms with E-state index in [1.165, 1.54) is 4.90 Å². The Morgan fingerprint density at radius 1 is 1.29 bits per heavy atom. The van der Waals surface area contributed by atoms with E-state index in [0.717, 1.165) is 5.75 Å². The SMILES string of the molecule is CC(C)(C)OC(=O)N1C(=O)CC[C@H]1COc1ccccc1. The zero-order chi connectivity index (χ0) is 15.5. The molecule has 1 aromatic rings. The number of para-hydroxylation sites is 1. The van der Waals surface area contributed by atoms with E-state index in [9.17, 15) is 9.59 Å². The molecule has 5 nitrogen and oxygen atoms in total. The smallest absolute Gasteiger partial charge is 0.417 e. The Balaban J connectivity index is 1.98. The summed E-state index contributed by atoms with van der Waals surface area (Å²) in [7, 11) is 0. The summed E-state index contributed by atoms with van der Waals surface area (Å²) in [5.74, 6) is 0.520. The quantitative estimate of drug-likeness (QED) is 0.859. The van der Waals surface area contributed by atoms with Crippen molar-refractivity contribution < 1.29 is 19.1 Å². The highest BCUT2D eigenvalue weighted by Crippen LogP contribution is 2.23. The van der Waals surface area contributed by atoms with Crippen molar-refractivity contribution in [1.82, 2.24) is 4.90 Å². The Hall–Kier alpha value is -2.04. The summed E-state index contributed by atoms with van der Waals surface area (Å²) < 4.78 is 10.9. The Labute approximate surface area is 124 Å². The summed E-state index contributed by atoms with van der Waals surface area (Å²) >= 11 is 0. The van der Waals surface area contributed by atoms with Gasteiger partial charge in [0.25, 0.3) is 0 Å². The van der Waals surface area contributed by atoms with Gasteiger partial charge >= 0.3 is 6.09 Å². The first-order chi connectivity index (χ1) is 9.87. The highest BCUT2D eigenvalue weighted by molar-refractivity contribution is 5.94. The second-order valence-electron chi connectivity index (χ2n) is 6.06. The fraction of sp³-hybridized carbons (Fsp3) is 0.500. The fourth-order valence-corrected chi connectivity index (χ4v) is 2.17. The number of hydrogen-bond donors (Lipinski definition) is 0. The molecule has 1 aliphatic rings. The maximum atomic E-state index is 12.1. The average Bonchev–Trinajstić information content (AvgIpc) is 2.77. The topological polar surface area (TPSA) is 55.8 Å². The second-order valence-corrected chi connectivity index (χ2v) is 6.06. The first kappa shape index (κ1) is 15.4. The lowest BCUT2D eigenvalue weighted by Gasteiger charge is -2.27. The Kier molecular flexibility index (Phi) is 4.50. The summed E-state index contributed by atoms with van der Waals surface area (Å²) in [6, 6.07) is 9.07. The van der Waals surface area contributed by atoms with Gasteiger partial charge in [0, 0.05) is 6.42 Å². The Morgan fingerprint density at radius 3 is 2.57 bits per heavy atom. The van der Waals surface area contributed by atoms with E-state index in [-0.39, 0.29) is 18.6 Å². The third-order valence-electron chi connectivity index (χ3n) is 3.10. The van der Waals surface area contributed by atoms with E-state index in [4.69, 9.17) is 9.47 Å². The molecule has 0 unspecified atom stereocenters. The molecule has 1 aliphatic heterocycles. The molecule has 21 heavy (non-hydrogen) atoms. The van der Waals surface area contributed by atoms with Gasteiger partial charge in [0.15, 0.2) is 0 Å². The molecular formula is C16H21NO4. The summed E-state index contributed by atoms with van der Waals surface area (Å²) in [5, 5.41) is 0. The highest BCUT2D eigenvalue weighted by atomic mass is 16.6. The molecular weight excluding hydrogens is 270 g/mol. The number of ether oxygens (including phenoxy) is 2. The molecule has 0 bridgehead atoms. The van der Waals surface area contributed by atoms with Crippen molar-refractivity contribution in [3.8, 4) is 5.75 Å². The van der Waals surface area contributed by atoms with Gasteiger partial charge in [-0.25, -0.2) is 9.69 Å². The molecule has 1 atom stereocenters. The average molecular weight is 291 g/mol. The molecule has 0 spiro atoms. The van der Waals surface area contributed by atoms with Crippen LogP contribution in [0.25, 0.3) is 0 Å². The zero-order valence-electron chi connectivity index (χ0n) is 12.7. The summed E-state index contributed by atoms with van der Waals surface area (Å²) in [5.41, 5.74) is -0.620. The van der Waals surface area contributed by atoms with Crippen LogP contribution in [-0.2, 0) is 9.53 Å². The van der Waals surface area contributed by atoms with Gasteiger partial charge in [-0.15, -0.1) is 0 Å². The van der Waals surface area contributed by atoms with Crippen LogP contribution in [0.15, 0.2) is 30.3 Å². The van der Waals surface area contributed by atoms with Crippen molar-refractivity contribution >= 4 is 12.0 Å². The van der Waals surface area contributed by atoms with Gasteiger partial charge in [0.1, 0.15) is 18.0 Å². The second kappa shape index (κ2) is 6.16. The molecule has 1 saturated heterocycles. The van der Waals surface area contributed by atoms with E-state index < -0.39 is 11.7 Å². The van der Waals surface area contributed by atoms with Gasteiger partial charge in [-0.2, -0.15) is 0 Å². The number of nitrogens with zero attached hydrogens (tertiary/aromatic N) is 1. The van der Waals surface area contributed by atoms with Gasteiger partial charge in [0.05, 0.1) is 6.04 Å². The predicted octanol–water partition coefficient (Wildman–Crippen LogP) is 2.99. The number of likely N-dealkylation sites (tertiary alicyclic amines) is 1. The van der Waals surface area contributed by atoms with Crippen LogP contribution in [0, 0.1) is 0 Å². The summed E-state index contributed by atoms with van der Waals surface area (Å²) in [6.07, 6.45) is 0.360. The minimum atomic E-state index is -0.620. The van der Waals surface area contributed by atoms with Crippen molar-refractivity contribution in [2.45, 2.75) is 45.3 Å². The van der Waals surface area contributed by atoms with Gasteiger partial charge in [-0.05, 0) is 39.3 Å². The fourth-order valence-electron chi connectivity index (χ4n) is 2.17. The number of carbonyl (C=O) groups excluding carboxylic acids is 2. The molecule has 1 heterocycles. The molecule has 0 aliphatic carbocycles. The monoisotopic (exact) mass is 291 g/mol. The molecule has 0 N–H and O–H groups in total. The Bertz CT molecular complexity index is 507. The first-order valence-corrected chi connectivity index (χ1v) is 7.10. The zero-order valence-corrected chi connectivity index (χ0v) is 12.7. The predicted molar refractivity (Wildman–Crippen MR) is 78.0 cm³/mol. The molecule has 5 heteroatoms. The van der Waals surface area contributed by atoms with Crippen LogP contribution in [0.1, 0.15) is 33.6 Å². The maximum absolute atomic E-state index is 12.1. The number of amides is 2. The molecule has 0 aromatic heterocycles. The standard InChI is InChI=1S/C16H21NO4/c1-16(2,3)21-15(19)17-12(9-10-14(17)18)11-20-13-7-5-4-6-8-13/h4-8,12H,9-11H2,1-3H3/t12-/m0/s1. The first-order valence-electron chi connectivity index (χ1n) is 7.10. The van der Waals surface area contributed by atoms with Gasteiger partial charge in [0.2, 0.25) is 5.91 Å². The van der Waals surface area contributed by atoms with Crippen LogP contribution in [0.2, 0.25) is 0 Å². The van der Waals surface area contributed by atoms with E-state index in [1.807, 2.05) is 30.3 Å². The molecule has 0 radical (unpaired) electrons.